The minimum absolute atomic E-state index is 0.392. The third kappa shape index (κ3) is 4.49. The van der Waals surface area contributed by atoms with Crippen molar-refractivity contribution in [2.24, 2.45) is 5.92 Å². The van der Waals surface area contributed by atoms with Crippen LogP contribution in [0.2, 0.25) is 0 Å². The molecule has 1 aromatic rings. The average molecular weight is 390 g/mol. The maximum atomic E-state index is 5.48. The molecule has 0 N–H and O–H groups in total. The molecular weight excluding hydrogens is 368 g/mol. The monoisotopic (exact) mass is 388 g/mol. The molecule has 1 aromatic carbocycles. The molecule has 3 heteroatoms. The number of hydrogen-bond donors (Lipinski definition) is 0. The van der Waals surface area contributed by atoms with E-state index in [0.29, 0.717) is 4.83 Å². The third-order valence-corrected chi connectivity index (χ3v) is 5.40. The van der Waals surface area contributed by atoms with E-state index in [4.69, 9.17) is 4.74 Å². The lowest BCUT2D eigenvalue weighted by Gasteiger charge is -2.20. The standard InChI is InChI=1S/C16H22Br2O/c1-19-16-9-8-13(17)11-14(16)15(18)10-12-6-4-2-3-5-7-12/h8-9,11-12,15H,2-7,10H2,1H3. The van der Waals surface area contributed by atoms with Crippen LogP contribution in [0.5, 0.6) is 5.75 Å². The van der Waals surface area contributed by atoms with Gasteiger partial charge in [0.25, 0.3) is 0 Å². The summed E-state index contributed by atoms with van der Waals surface area (Å²) < 4.78 is 6.60. The third-order valence-electron chi connectivity index (χ3n) is 4.04. The summed E-state index contributed by atoms with van der Waals surface area (Å²) in [6.45, 7) is 0. The Balaban J connectivity index is 2.05. The van der Waals surface area contributed by atoms with Gasteiger partial charge in [0.05, 0.1) is 7.11 Å². The van der Waals surface area contributed by atoms with Crippen LogP contribution >= 0.6 is 31.9 Å². The molecule has 19 heavy (non-hydrogen) atoms. The maximum absolute atomic E-state index is 5.48. The van der Waals surface area contributed by atoms with Gasteiger partial charge in [-0.1, -0.05) is 70.4 Å². The van der Waals surface area contributed by atoms with Gasteiger partial charge in [-0.2, -0.15) is 0 Å². The summed E-state index contributed by atoms with van der Waals surface area (Å²) >= 11 is 7.43. The summed E-state index contributed by atoms with van der Waals surface area (Å²) in [5.41, 5.74) is 1.26. The molecular formula is C16H22Br2O. The topological polar surface area (TPSA) is 9.23 Å². The lowest BCUT2D eigenvalue weighted by Crippen LogP contribution is -2.04. The highest BCUT2D eigenvalue weighted by molar-refractivity contribution is 9.10. The van der Waals surface area contributed by atoms with Gasteiger partial charge >= 0.3 is 0 Å². The molecule has 1 atom stereocenters. The van der Waals surface area contributed by atoms with Gasteiger partial charge < -0.3 is 4.74 Å². The quantitative estimate of drug-likeness (QED) is 0.436. The van der Waals surface area contributed by atoms with Crippen molar-refractivity contribution in [3.63, 3.8) is 0 Å². The summed E-state index contributed by atoms with van der Waals surface area (Å²) in [6.07, 6.45) is 9.64. The molecule has 1 unspecified atom stereocenters. The van der Waals surface area contributed by atoms with Crippen LogP contribution in [0.3, 0.4) is 0 Å². The molecule has 1 aliphatic rings. The molecule has 0 amide bonds. The smallest absolute Gasteiger partial charge is 0.123 e. The van der Waals surface area contributed by atoms with Gasteiger partial charge in [-0.15, -0.1) is 0 Å². The lowest BCUT2D eigenvalue weighted by atomic mass is 9.92. The van der Waals surface area contributed by atoms with Gasteiger partial charge in [-0.05, 0) is 30.5 Å². The van der Waals surface area contributed by atoms with E-state index in [1.54, 1.807) is 7.11 Å². The molecule has 1 fully saturated rings. The highest BCUT2D eigenvalue weighted by atomic mass is 79.9. The van der Waals surface area contributed by atoms with Crippen molar-refractivity contribution < 1.29 is 4.74 Å². The minimum Gasteiger partial charge on any atom is -0.496 e. The Kier molecular flexibility index (Phi) is 6.21. The number of benzene rings is 1. The predicted molar refractivity (Wildman–Crippen MR) is 88.2 cm³/mol. The molecule has 0 saturated heterocycles. The van der Waals surface area contributed by atoms with Crippen molar-refractivity contribution >= 4 is 31.9 Å². The fourth-order valence-electron chi connectivity index (χ4n) is 2.97. The molecule has 1 saturated carbocycles. The molecule has 0 spiro atoms. The van der Waals surface area contributed by atoms with Crippen LogP contribution in [0.1, 0.15) is 55.3 Å². The largest absolute Gasteiger partial charge is 0.496 e. The Morgan fingerprint density at radius 2 is 1.89 bits per heavy atom. The van der Waals surface area contributed by atoms with Crippen LogP contribution in [0.25, 0.3) is 0 Å². The van der Waals surface area contributed by atoms with Gasteiger partial charge in [0, 0.05) is 14.9 Å². The summed E-state index contributed by atoms with van der Waals surface area (Å²) in [7, 11) is 1.75. The number of alkyl halides is 1. The normalized spacial score (nSPS) is 18.9. The first-order chi connectivity index (χ1) is 9.20. The van der Waals surface area contributed by atoms with E-state index in [2.05, 4.69) is 37.9 Å². The van der Waals surface area contributed by atoms with Crippen molar-refractivity contribution in [1.82, 2.24) is 0 Å². The molecule has 0 radical (unpaired) electrons. The maximum Gasteiger partial charge on any atom is 0.123 e. The van der Waals surface area contributed by atoms with Crippen molar-refractivity contribution in [3.05, 3.63) is 28.2 Å². The highest BCUT2D eigenvalue weighted by Crippen LogP contribution is 2.40. The van der Waals surface area contributed by atoms with Crippen molar-refractivity contribution in [2.45, 2.75) is 49.8 Å². The van der Waals surface area contributed by atoms with Crippen molar-refractivity contribution in [2.75, 3.05) is 7.11 Å². The second-order valence-corrected chi connectivity index (χ2v) is 7.47. The Hall–Kier alpha value is -0.0200. The van der Waals surface area contributed by atoms with E-state index in [-0.39, 0.29) is 0 Å². The first kappa shape index (κ1) is 15.4. The van der Waals surface area contributed by atoms with Gasteiger partial charge in [0.15, 0.2) is 0 Å². The SMILES string of the molecule is COc1ccc(Br)cc1C(Br)CC1CCCCCC1. The van der Waals surface area contributed by atoms with Crippen LogP contribution in [0.4, 0.5) is 0 Å². The van der Waals surface area contributed by atoms with Crippen molar-refractivity contribution in [1.29, 1.82) is 0 Å². The van der Waals surface area contributed by atoms with Gasteiger partial charge in [-0.3, -0.25) is 0 Å². The number of rotatable bonds is 4. The second kappa shape index (κ2) is 7.68. The van der Waals surface area contributed by atoms with Crippen molar-refractivity contribution in [3.8, 4) is 5.75 Å². The van der Waals surface area contributed by atoms with Crippen LogP contribution in [-0.4, -0.2) is 7.11 Å². The zero-order chi connectivity index (χ0) is 13.7. The molecule has 0 aliphatic heterocycles. The van der Waals surface area contributed by atoms with E-state index in [1.807, 2.05) is 12.1 Å². The Morgan fingerprint density at radius 3 is 2.53 bits per heavy atom. The van der Waals surface area contributed by atoms with Gasteiger partial charge in [0.2, 0.25) is 0 Å². The minimum atomic E-state index is 0.392. The molecule has 1 aliphatic carbocycles. The van der Waals surface area contributed by atoms with E-state index in [1.165, 1.54) is 50.5 Å². The number of methoxy groups -OCH3 is 1. The molecule has 1 nitrogen and oxygen atoms in total. The molecule has 0 heterocycles. The molecule has 106 valence electrons. The van der Waals surface area contributed by atoms with Crippen LogP contribution in [0, 0.1) is 5.92 Å². The predicted octanol–water partition coefficient (Wildman–Crippen LogP) is 6.25. The van der Waals surface area contributed by atoms with Crippen LogP contribution in [0.15, 0.2) is 22.7 Å². The molecule has 0 aromatic heterocycles. The zero-order valence-electron chi connectivity index (χ0n) is 11.5. The summed E-state index contributed by atoms with van der Waals surface area (Å²) in [5.74, 6) is 1.84. The first-order valence-electron chi connectivity index (χ1n) is 7.18. The van der Waals surface area contributed by atoms with Gasteiger partial charge in [-0.25, -0.2) is 0 Å². The van der Waals surface area contributed by atoms with E-state index < -0.39 is 0 Å². The Morgan fingerprint density at radius 1 is 1.21 bits per heavy atom. The summed E-state index contributed by atoms with van der Waals surface area (Å²) in [5, 5.41) is 0. The van der Waals surface area contributed by atoms with E-state index in [0.717, 1.165) is 16.1 Å². The number of halogens is 2. The second-order valence-electron chi connectivity index (χ2n) is 5.45. The van der Waals surface area contributed by atoms with Crippen LogP contribution < -0.4 is 4.74 Å². The fraction of sp³-hybridized carbons (Fsp3) is 0.625. The van der Waals surface area contributed by atoms with Gasteiger partial charge in [0.1, 0.15) is 5.75 Å². The highest BCUT2D eigenvalue weighted by Gasteiger charge is 2.20. The summed E-state index contributed by atoms with van der Waals surface area (Å²) in [6, 6.07) is 6.25. The van der Waals surface area contributed by atoms with Crippen LogP contribution in [-0.2, 0) is 0 Å². The lowest BCUT2D eigenvalue weighted by molar-refractivity contribution is 0.397. The molecule has 0 bridgehead atoms. The summed E-state index contributed by atoms with van der Waals surface area (Å²) in [4.78, 5) is 0.392. The number of hydrogen-bond acceptors (Lipinski definition) is 1. The Bertz CT molecular complexity index is 398. The average Bonchev–Trinajstić information content (AvgIpc) is 2.67. The first-order valence-corrected chi connectivity index (χ1v) is 8.89. The fourth-order valence-corrected chi connectivity index (χ4v) is 4.23. The molecule has 2 rings (SSSR count). The number of ether oxygens (including phenoxy) is 1. The zero-order valence-corrected chi connectivity index (χ0v) is 14.7. The van der Waals surface area contributed by atoms with E-state index >= 15 is 0 Å². The Labute approximate surface area is 133 Å². The van der Waals surface area contributed by atoms with E-state index in [9.17, 15) is 0 Å².